The number of piperazine rings is 1. The van der Waals surface area contributed by atoms with E-state index in [1.807, 2.05) is 28.0 Å². The monoisotopic (exact) mass is 522 g/mol. The average molecular weight is 523 g/mol. The number of hydrogen-bond acceptors (Lipinski definition) is 4. The summed E-state index contributed by atoms with van der Waals surface area (Å²) in [5, 5.41) is 3.69. The Bertz CT molecular complexity index is 1460. The molecule has 5 aliphatic heterocycles. The Morgan fingerprint density at radius 3 is 2.05 bits per heavy atom. The van der Waals surface area contributed by atoms with Crippen LogP contribution >= 0.6 is 0 Å². The van der Waals surface area contributed by atoms with E-state index in [0.29, 0.717) is 12.8 Å². The van der Waals surface area contributed by atoms with Gasteiger partial charge >= 0.3 is 0 Å². The number of benzene rings is 2. The lowest BCUT2D eigenvalue weighted by molar-refractivity contribution is -0.160. The fraction of sp³-hybridized carbons (Fsp3) is 0.455. The lowest BCUT2D eigenvalue weighted by atomic mass is 9.60. The molecular weight excluding hydrogens is 484 g/mol. The van der Waals surface area contributed by atoms with Gasteiger partial charge in [-0.2, -0.15) is 0 Å². The van der Waals surface area contributed by atoms with Crippen molar-refractivity contribution >= 4 is 23.2 Å². The van der Waals surface area contributed by atoms with Gasteiger partial charge in [0, 0.05) is 29.3 Å². The van der Waals surface area contributed by atoms with Crippen LogP contribution in [0.1, 0.15) is 51.7 Å². The van der Waals surface area contributed by atoms with Crippen LogP contribution in [0.15, 0.2) is 73.8 Å². The summed E-state index contributed by atoms with van der Waals surface area (Å²) >= 11 is 0. The van der Waals surface area contributed by atoms with Crippen molar-refractivity contribution in [3.63, 3.8) is 0 Å². The van der Waals surface area contributed by atoms with Crippen LogP contribution in [-0.4, -0.2) is 53.1 Å². The highest BCUT2D eigenvalue weighted by atomic mass is 16.2. The van der Waals surface area contributed by atoms with E-state index in [2.05, 4.69) is 101 Å². The molecule has 0 spiro atoms. The summed E-state index contributed by atoms with van der Waals surface area (Å²) in [6, 6.07) is 15.7. The minimum absolute atomic E-state index is 0.0474. The lowest BCUT2D eigenvalue weighted by Crippen LogP contribution is -2.67. The molecule has 0 aromatic heterocycles. The molecule has 5 aliphatic rings. The van der Waals surface area contributed by atoms with E-state index in [9.17, 15) is 9.59 Å². The highest BCUT2D eigenvalue weighted by molar-refractivity contribution is 6.01. The predicted molar refractivity (Wildman–Crippen MR) is 154 cm³/mol. The summed E-state index contributed by atoms with van der Waals surface area (Å²) in [7, 11) is 2.07. The zero-order valence-corrected chi connectivity index (χ0v) is 23.6. The van der Waals surface area contributed by atoms with Gasteiger partial charge in [-0.15, -0.1) is 13.2 Å². The Morgan fingerprint density at radius 2 is 1.36 bits per heavy atom. The molecule has 6 nitrogen and oxygen atoms in total. The van der Waals surface area contributed by atoms with Gasteiger partial charge in [-0.25, -0.2) is 0 Å². The molecule has 6 atom stereocenters. The molecule has 0 saturated carbocycles. The summed E-state index contributed by atoms with van der Waals surface area (Å²) < 4.78 is 0. The normalized spacial score (nSPS) is 34.1. The van der Waals surface area contributed by atoms with Gasteiger partial charge in [-0.1, -0.05) is 76.2 Å². The van der Waals surface area contributed by atoms with E-state index in [0.717, 1.165) is 11.4 Å². The molecule has 0 aliphatic carbocycles. The van der Waals surface area contributed by atoms with Crippen molar-refractivity contribution in [3.05, 3.63) is 85.0 Å². The molecule has 2 aromatic rings. The van der Waals surface area contributed by atoms with Crippen LogP contribution in [0.2, 0.25) is 0 Å². The fourth-order valence-corrected chi connectivity index (χ4v) is 9.08. The van der Waals surface area contributed by atoms with Crippen LogP contribution in [0.4, 0.5) is 11.4 Å². The first-order valence-corrected chi connectivity index (χ1v) is 14.1. The number of nitrogens with one attached hydrogen (secondary N) is 1. The molecule has 3 fully saturated rings. The summed E-state index contributed by atoms with van der Waals surface area (Å²) in [6.45, 7) is 17.2. The largest absolute Gasteiger partial charge is 0.364 e. The number of hydrogen-bond donors (Lipinski definition) is 1. The third-order valence-electron chi connectivity index (χ3n) is 11.4. The number of carbonyl (C=O) groups excluding carboxylic acids is 2. The van der Waals surface area contributed by atoms with E-state index in [4.69, 9.17) is 0 Å². The number of amides is 2. The van der Waals surface area contributed by atoms with Gasteiger partial charge in [0.05, 0.1) is 0 Å². The van der Waals surface area contributed by atoms with Crippen molar-refractivity contribution < 1.29 is 9.59 Å². The quantitative estimate of drug-likeness (QED) is 0.573. The molecule has 6 heteroatoms. The smallest absolute Gasteiger partial charge is 0.247 e. The second kappa shape index (κ2) is 7.35. The third-order valence-corrected chi connectivity index (χ3v) is 11.4. The van der Waals surface area contributed by atoms with Gasteiger partial charge < -0.3 is 20.0 Å². The van der Waals surface area contributed by atoms with Crippen molar-refractivity contribution in [2.75, 3.05) is 17.3 Å². The summed E-state index contributed by atoms with van der Waals surface area (Å²) in [4.78, 5) is 35.6. The van der Waals surface area contributed by atoms with Crippen LogP contribution in [0, 0.1) is 10.8 Å². The predicted octanol–water partition coefficient (Wildman–Crippen LogP) is 5.03. The molecule has 0 unspecified atom stereocenters. The third kappa shape index (κ3) is 2.50. The number of nitrogens with zero attached hydrogens (tertiary/aromatic N) is 3. The summed E-state index contributed by atoms with van der Waals surface area (Å²) in [5.41, 5.74) is 2.93. The Kier molecular flexibility index (Phi) is 4.62. The van der Waals surface area contributed by atoms with Crippen molar-refractivity contribution in [2.45, 2.75) is 75.8 Å². The number of carbonyl (C=O) groups is 2. The van der Waals surface area contributed by atoms with Crippen LogP contribution in [0.5, 0.6) is 0 Å². The van der Waals surface area contributed by atoms with Gasteiger partial charge in [0.25, 0.3) is 0 Å². The summed E-state index contributed by atoms with van der Waals surface area (Å²) in [6.07, 6.45) is 4.59. The Labute approximate surface area is 231 Å². The zero-order chi connectivity index (χ0) is 27.7. The van der Waals surface area contributed by atoms with Crippen molar-refractivity contribution in [1.82, 2.24) is 9.80 Å². The van der Waals surface area contributed by atoms with Crippen molar-refractivity contribution in [1.29, 1.82) is 0 Å². The van der Waals surface area contributed by atoms with Gasteiger partial charge in [-0.05, 0) is 46.9 Å². The minimum atomic E-state index is -0.529. The van der Waals surface area contributed by atoms with E-state index in [-0.39, 0.29) is 35.0 Å². The van der Waals surface area contributed by atoms with Crippen LogP contribution in [-0.2, 0) is 20.4 Å². The zero-order valence-electron chi connectivity index (χ0n) is 23.6. The Balaban J connectivity index is 1.40. The van der Waals surface area contributed by atoms with Gasteiger partial charge in [0.15, 0.2) is 0 Å². The molecule has 1 N–H and O–H groups in total. The molecule has 39 heavy (non-hydrogen) atoms. The highest BCUT2D eigenvalue weighted by Gasteiger charge is 2.74. The molecule has 7 rings (SSSR count). The molecule has 5 heterocycles. The average Bonchev–Trinajstić information content (AvgIpc) is 3.63. The number of allylic oxidation sites excluding steroid dienone is 2. The van der Waals surface area contributed by atoms with E-state index >= 15 is 0 Å². The molecule has 2 aromatic carbocycles. The standard InChI is InChI=1S/C33H38N4O2/c1-8-30(3,4)32-18-24-27(39)37-25(26(38)36(24)28(32)34-22-16-12-10-14-20(22)32)19-33(31(5,6)9-2)21-15-11-13-17-23(21)35(7)29(33)37/h8-17,24-25,28-29,34H,1-2,18-19H2,3-7H3/t24-,25-,28-,29-,32-,33+/m0/s1. The van der Waals surface area contributed by atoms with Crippen LogP contribution < -0.4 is 10.2 Å². The highest BCUT2D eigenvalue weighted by Crippen LogP contribution is 2.65. The second-order valence-corrected chi connectivity index (χ2v) is 13.3. The second-order valence-electron chi connectivity index (χ2n) is 13.3. The maximum Gasteiger partial charge on any atom is 0.247 e. The summed E-state index contributed by atoms with van der Waals surface area (Å²) in [5.74, 6) is 0.102. The maximum atomic E-state index is 14.8. The minimum Gasteiger partial charge on any atom is -0.364 e. The van der Waals surface area contributed by atoms with Gasteiger partial charge in [-0.3, -0.25) is 9.59 Å². The van der Waals surface area contributed by atoms with Crippen LogP contribution in [0.25, 0.3) is 0 Å². The lowest BCUT2D eigenvalue weighted by Gasteiger charge is -2.47. The first-order chi connectivity index (χ1) is 18.5. The Hall–Kier alpha value is -3.54. The molecular formula is C33H38N4O2. The molecule has 0 radical (unpaired) electrons. The molecule has 3 saturated heterocycles. The first-order valence-electron chi connectivity index (χ1n) is 14.1. The Morgan fingerprint density at radius 1 is 0.821 bits per heavy atom. The SMILES string of the molecule is C=CC(C)(C)[C@]12C[C@H]3C(=O)N4[C@@H](C[C@@]5(C(C)(C)C=C)c6ccccc6N(C)[C@@H]45)C(=O)N3[C@@H]1Nc1ccccc12. The van der Waals surface area contributed by atoms with Crippen molar-refractivity contribution in [2.24, 2.45) is 10.8 Å². The number of rotatable bonds is 4. The number of fused-ring (bicyclic) bond motifs is 10. The molecule has 202 valence electrons. The number of para-hydroxylation sites is 2. The van der Waals surface area contributed by atoms with E-state index in [1.165, 1.54) is 11.1 Å². The van der Waals surface area contributed by atoms with Gasteiger partial charge in [0.1, 0.15) is 24.4 Å². The topological polar surface area (TPSA) is 55.9 Å². The van der Waals surface area contributed by atoms with Gasteiger partial charge in [0.2, 0.25) is 11.8 Å². The first kappa shape index (κ1) is 24.5. The van der Waals surface area contributed by atoms with Crippen LogP contribution in [0.3, 0.4) is 0 Å². The molecule has 2 amide bonds. The van der Waals surface area contributed by atoms with E-state index in [1.54, 1.807) is 0 Å². The number of likely N-dealkylation sites (N-methyl/N-ethyl adjacent to an activating group) is 1. The van der Waals surface area contributed by atoms with Crippen molar-refractivity contribution in [3.8, 4) is 0 Å². The molecule has 0 bridgehead atoms. The fourth-order valence-electron chi connectivity index (χ4n) is 9.08. The number of anilines is 2. The maximum absolute atomic E-state index is 14.8. The van der Waals surface area contributed by atoms with E-state index < -0.39 is 22.9 Å².